The Morgan fingerprint density at radius 3 is 2.29 bits per heavy atom. The van der Waals surface area contributed by atoms with Gasteiger partial charge in [-0.2, -0.15) is 0 Å². The van der Waals surface area contributed by atoms with Crippen molar-refractivity contribution in [2.24, 2.45) is 11.8 Å². The Balaban J connectivity index is 1.78. The molecular weight excluding hydrogens is 336 g/mol. The summed E-state index contributed by atoms with van der Waals surface area (Å²) in [6.07, 6.45) is 3.34. The molecule has 1 aromatic rings. The Bertz CT molecular complexity index is 651. The number of methoxy groups -OCH3 is 1. The maximum Gasteiger partial charge on any atom is 0.154 e. The Hall–Kier alpha value is -1.46. The van der Waals surface area contributed by atoms with E-state index in [1.807, 2.05) is 18.2 Å². The van der Waals surface area contributed by atoms with E-state index in [0.29, 0.717) is 11.3 Å². The fourth-order valence-corrected chi connectivity index (χ4v) is 4.08. The fourth-order valence-electron chi connectivity index (χ4n) is 3.74. The van der Waals surface area contributed by atoms with E-state index in [-0.39, 0.29) is 35.6 Å². The summed E-state index contributed by atoms with van der Waals surface area (Å²) in [6.45, 7) is 0. The van der Waals surface area contributed by atoms with Crippen LogP contribution in [0.25, 0.3) is 0 Å². The molecule has 4 rings (SSSR count). The lowest BCUT2D eigenvalue weighted by Crippen LogP contribution is -2.26. The smallest absolute Gasteiger partial charge is 0.154 e. The lowest BCUT2D eigenvalue weighted by Gasteiger charge is -2.15. The zero-order valence-corrected chi connectivity index (χ0v) is 12.9. The third kappa shape index (κ3) is 1.71. The van der Waals surface area contributed by atoms with Crippen LogP contribution in [0.1, 0.15) is 11.5 Å². The number of rotatable bonds is 2. The molecule has 2 fully saturated rings. The van der Waals surface area contributed by atoms with Crippen LogP contribution < -0.4 is 4.74 Å². The highest BCUT2D eigenvalue weighted by Crippen LogP contribution is 2.50. The topological polar surface area (TPSA) is 52.6 Å². The molecule has 4 nitrogen and oxygen atoms in total. The highest BCUT2D eigenvalue weighted by Gasteiger charge is 2.61. The zero-order chi connectivity index (χ0) is 14.7. The Morgan fingerprint density at radius 1 is 1.10 bits per heavy atom. The van der Waals surface area contributed by atoms with E-state index >= 15 is 0 Å². The van der Waals surface area contributed by atoms with Gasteiger partial charge in [-0.1, -0.05) is 34.1 Å². The van der Waals surface area contributed by atoms with E-state index in [0.717, 1.165) is 4.47 Å². The van der Waals surface area contributed by atoms with E-state index in [9.17, 15) is 9.59 Å². The summed E-state index contributed by atoms with van der Waals surface area (Å²) in [6, 6.07) is 5.41. The number of Topliss-reactive ketones (excluding diaryl/α,β-unsaturated/α-hetero) is 2. The third-order valence-electron chi connectivity index (χ3n) is 4.63. The third-order valence-corrected chi connectivity index (χ3v) is 5.13. The quantitative estimate of drug-likeness (QED) is 0.607. The van der Waals surface area contributed by atoms with Gasteiger partial charge in [-0.05, 0) is 12.1 Å². The second-order valence-electron chi connectivity index (χ2n) is 5.63. The second-order valence-corrected chi connectivity index (χ2v) is 6.54. The summed E-state index contributed by atoms with van der Waals surface area (Å²) in [5.74, 6) is -0.893. The van der Waals surface area contributed by atoms with Gasteiger partial charge in [0, 0.05) is 10.0 Å². The van der Waals surface area contributed by atoms with E-state index < -0.39 is 5.92 Å². The number of carbonyl (C=O) groups is 2. The van der Waals surface area contributed by atoms with Crippen LogP contribution in [0.4, 0.5) is 0 Å². The van der Waals surface area contributed by atoms with Gasteiger partial charge < -0.3 is 9.47 Å². The maximum atomic E-state index is 12.7. The van der Waals surface area contributed by atoms with Gasteiger partial charge in [0.15, 0.2) is 11.6 Å². The van der Waals surface area contributed by atoms with Gasteiger partial charge in [0.2, 0.25) is 0 Å². The van der Waals surface area contributed by atoms with Gasteiger partial charge in [-0.25, -0.2) is 0 Å². The molecule has 108 valence electrons. The largest absolute Gasteiger partial charge is 0.496 e. The molecule has 5 heteroatoms. The van der Waals surface area contributed by atoms with E-state index in [1.54, 1.807) is 19.2 Å². The van der Waals surface area contributed by atoms with Gasteiger partial charge in [-0.3, -0.25) is 9.59 Å². The van der Waals surface area contributed by atoms with E-state index in [2.05, 4.69) is 15.9 Å². The van der Waals surface area contributed by atoms with Crippen molar-refractivity contribution < 1.29 is 19.1 Å². The molecule has 5 atom stereocenters. The highest BCUT2D eigenvalue weighted by molar-refractivity contribution is 9.10. The Labute approximate surface area is 130 Å². The first kappa shape index (κ1) is 13.2. The average molecular weight is 349 g/mol. The average Bonchev–Trinajstić information content (AvgIpc) is 3.14. The minimum absolute atomic E-state index is 0.0394. The minimum Gasteiger partial charge on any atom is -0.496 e. The van der Waals surface area contributed by atoms with Gasteiger partial charge in [0.1, 0.15) is 11.7 Å². The molecule has 0 N–H and O–H groups in total. The predicted molar refractivity (Wildman–Crippen MR) is 78.2 cm³/mol. The van der Waals surface area contributed by atoms with Gasteiger partial charge >= 0.3 is 0 Å². The first-order chi connectivity index (χ1) is 10.1. The molecule has 0 spiro atoms. The minimum atomic E-state index is -0.725. The molecule has 1 aliphatic carbocycles. The number of carbonyl (C=O) groups excluding carboxylic acids is 2. The monoisotopic (exact) mass is 348 g/mol. The molecule has 3 aliphatic rings. The molecule has 0 amide bonds. The van der Waals surface area contributed by atoms with Crippen molar-refractivity contribution in [1.29, 1.82) is 0 Å². The highest BCUT2D eigenvalue weighted by atomic mass is 79.9. The van der Waals surface area contributed by atoms with Crippen LogP contribution in [-0.4, -0.2) is 30.9 Å². The van der Waals surface area contributed by atoms with Crippen molar-refractivity contribution in [2.45, 2.75) is 18.1 Å². The standard InChI is InChI=1S/C16H13BrO4/c1-20-11-6-7(17)2-3-8(11)12-15(18)13-9-4-5-10(21-9)14(13)16(12)19/h2-6,9-10,12-14H,1H3/t9-,10?,12?,13-,14+/m0/s1. The van der Waals surface area contributed by atoms with Gasteiger partial charge in [0.25, 0.3) is 0 Å². The summed E-state index contributed by atoms with van der Waals surface area (Å²) in [5.41, 5.74) is 0.657. The number of benzene rings is 1. The van der Waals surface area contributed by atoms with Crippen molar-refractivity contribution in [3.05, 3.63) is 40.4 Å². The van der Waals surface area contributed by atoms with Crippen molar-refractivity contribution in [3.8, 4) is 5.75 Å². The second kappa shape index (κ2) is 4.52. The van der Waals surface area contributed by atoms with Gasteiger partial charge in [0.05, 0.1) is 31.2 Å². The van der Waals surface area contributed by atoms with Crippen molar-refractivity contribution >= 4 is 27.5 Å². The molecule has 1 saturated heterocycles. The summed E-state index contributed by atoms with van der Waals surface area (Å²) >= 11 is 3.37. The number of halogens is 1. The Kier molecular flexibility index (Phi) is 2.84. The lowest BCUT2D eigenvalue weighted by atomic mass is 9.85. The number of fused-ring (bicyclic) bond motifs is 5. The Morgan fingerprint density at radius 2 is 1.71 bits per heavy atom. The van der Waals surface area contributed by atoms with E-state index in [1.165, 1.54) is 0 Å². The lowest BCUT2D eigenvalue weighted by molar-refractivity contribution is -0.127. The number of ether oxygens (including phenoxy) is 2. The normalized spacial score (nSPS) is 36.4. The van der Waals surface area contributed by atoms with Crippen LogP contribution >= 0.6 is 15.9 Å². The van der Waals surface area contributed by atoms with Crippen LogP contribution in [-0.2, 0) is 14.3 Å². The molecule has 21 heavy (non-hydrogen) atoms. The molecule has 2 aliphatic heterocycles. The van der Waals surface area contributed by atoms with Crippen molar-refractivity contribution in [1.82, 2.24) is 0 Å². The summed E-state index contributed by atoms with van der Waals surface area (Å²) in [4.78, 5) is 25.5. The maximum absolute atomic E-state index is 12.7. The summed E-state index contributed by atoms with van der Waals surface area (Å²) in [7, 11) is 1.55. The predicted octanol–water partition coefficient (Wildman–Crippen LogP) is 2.26. The van der Waals surface area contributed by atoms with Crippen LogP contribution in [0, 0.1) is 11.8 Å². The van der Waals surface area contributed by atoms with Crippen molar-refractivity contribution in [2.75, 3.05) is 7.11 Å². The first-order valence-corrected chi connectivity index (χ1v) is 7.66. The number of hydrogen-bond donors (Lipinski definition) is 0. The fraction of sp³-hybridized carbons (Fsp3) is 0.375. The van der Waals surface area contributed by atoms with Crippen LogP contribution in [0.5, 0.6) is 5.75 Å². The number of hydrogen-bond acceptors (Lipinski definition) is 4. The molecule has 2 heterocycles. The molecule has 0 radical (unpaired) electrons. The molecule has 2 unspecified atom stereocenters. The first-order valence-electron chi connectivity index (χ1n) is 6.86. The van der Waals surface area contributed by atoms with Crippen LogP contribution in [0.2, 0.25) is 0 Å². The summed E-state index contributed by atoms with van der Waals surface area (Å²) in [5, 5.41) is 0. The molecule has 0 aromatic heterocycles. The molecule has 1 saturated carbocycles. The van der Waals surface area contributed by atoms with Crippen LogP contribution in [0.15, 0.2) is 34.8 Å². The summed E-state index contributed by atoms with van der Waals surface area (Å²) < 4.78 is 11.8. The number of ketones is 2. The molecular formula is C16H13BrO4. The SMILES string of the molecule is COc1cc(Br)ccc1C1C(=O)[C@H]2[C@@H]3C=CC(O3)[C@H]2C1=O. The van der Waals surface area contributed by atoms with Crippen molar-refractivity contribution in [3.63, 3.8) is 0 Å². The van der Waals surface area contributed by atoms with Crippen LogP contribution in [0.3, 0.4) is 0 Å². The molecule has 2 bridgehead atoms. The molecule has 1 aromatic carbocycles. The van der Waals surface area contributed by atoms with Gasteiger partial charge in [-0.15, -0.1) is 0 Å². The zero-order valence-electron chi connectivity index (χ0n) is 11.3. The van der Waals surface area contributed by atoms with E-state index in [4.69, 9.17) is 9.47 Å².